The summed E-state index contributed by atoms with van der Waals surface area (Å²) in [6.07, 6.45) is 1.92. The number of aromatic nitrogens is 2. The van der Waals surface area contributed by atoms with Crippen molar-refractivity contribution in [3.05, 3.63) is 48.0 Å². The smallest absolute Gasteiger partial charge is 0.326 e. The Balaban J connectivity index is 1.77. The maximum atomic E-state index is 14.1. The first-order chi connectivity index (χ1) is 38.1. The largest absolute Gasteiger partial charge is 0.508 e. The standard InChI is InChI=1S/C52H82N14O15/c1-26(2)18-34(60-43(71)28(5)58-44(72)36(21-31-23-56-25-57-31)61-46(74)35(63-50(78)42(55)29(6)68)20-30-12-14-32(69)15-13-30)45(73)65-39(24-67)48(76)62-37(22-41(54)70)47(75)64-38(19-27(3)4)51(79)66-17-9-11-40(66)49(77)59-33(52(80)81)10-7-8-16-53/h12-15,23,25-29,33-40,42,67-69H,7-11,16-22,24,53,55H2,1-6H3,(H2,54,70)(H,56,57)(H,58,72)(H,59,77)(H,60,71)(H,61,74)(H,62,76)(H,63,78)(H,64,75)(H,65,73)(H,80,81)/t28-,29+,33-,34-,35-,36-,37-,38-,39-,40-,42-/m0/s1. The van der Waals surface area contributed by atoms with E-state index in [4.69, 9.17) is 17.2 Å². The molecule has 1 aliphatic rings. The number of imidazole rings is 1. The van der Waals surface area contributed by atoms with Gasteiger partial charge in [-0.2, -0.15) is 0 Å². The fourth-order valence-electron chi connectivity index (χ4n) is 8.68. The molecule has 1 aromatic carbocycles. The predicted molar refractivity (Wildman–Crippen MR) is 290 cm³/mol. The van der Waals surface area contributed by atoms with E-state index in [0.717, 1.165) is 0 Å². The Morgan fingerprint density at radius 3 is 1.78 bits per heavy atom. The minimum atomic E-state index is -1.80. The number of aliphatic hydroxyl groups is 2. The molecule has 1 saturated heterocycles. The van der Waals surface area contributed by atoms with Gasteiger partial charge >= 0.3 is 5.97 Å². The SMILES string of the molecule is CC(C)C[C@H](NC(=O)[C@H](C)NC(=O)[C@H](Cc1cnc[nH]1)NC(=O)[C@H](Cc1ccc(O)cc1)NC(=O)[C@@H](N)[C@@H](C)O)C(=O)N[C@@H](CO)C(=O)N[C@@H](CC(N)=O)C(=O)N[C@@H](CC(C)C)C(=O)N1CCC[C@H]1C(=O)N[C@@H](CCCCN)C(=O)O. The Morgan fingerprint density at radius 2 is 1.21 bits per heavy atom. The molecule has 19 N–H and O–H groups in total. The topological polar surface area (TPSA) is 475 Å². The number of carbonyl (C=O) groups is 11. The number of hydrogen-bond acceptors (Lipinski definition) is 17. The van der Waals surface area contributed by atoms with Crippen molar-refractivity contribution in [2.75, 3.05) is 19.7 Å². The first-order valence-corrected chi connectivity index (χ1v) is 26.9. The highest BCUT2D eigenvalue weighted by Crippen LogP contribution is 2.22. The van der Waals surface area contributed by atoms with Crippen LogP contribution in [0.4, 0.5) is 0 Å². The number of aromatic amines is 1. The number of amides is 10. The number of aliphatic hydroxyl groups excluding tert-OH is 2. The maximum Gasteiger partial charge on any atom is 0.326 e. The highest BCUT2D eigenvalue weighted by molar-refractivity contribution is 5.99. The maximum absolute atomic E-state index is 14.1. The van der Waals surface area contributed by atoms with Crippen LogP contribution in [0.3, 0.4) is 0 Å². The summed E-state index contributed by atoms with van der Waals surface area (Å²) in [5.74, 6) is -11.0. The summed E-state index contributed by atoms with van der Waals surface area (Å²) in [5.41, 5.74) is 17.7. The first kappa shape index (κ1) is 67.5. The van der Waals surface area contributed by atoms with E-state index in [2.05, 4.69) is 52.5 Å². The molecule has 1 aromatic heterocycles. The number of likely N-dealkylation sites (tertiary alicyclic amines) is 1. The van der Waals surface area contributed by atoms with Gasteiger partial charge in [0.1, 0.15) is 66.2 Å². The van der Waals surface area contributed by atoms with Gasteiger partial charge in [0.2, 0.25) is 59.1 Å². The van der Waals surface area contributed by atoms with Crippen LogP contribution in [-0.4, -0.2) is 187 Å². The summed E-state index contributed by atoms with van der Waals surface area (Å²) in [5, 5.41) is 59.6. The normalized spacial score (nSPS) is 16.9. The van der Waals surface area contributed by atoms with Crippen LogP contribution in [0, 0.1) is 11.8 Å². The molecule has 11 atom stereocenters. The van der Waals surface area contributed by atoms with Crippen LogP contribution >= 0.6 is 0 Å². The second-order valence-electron chi connectivity index (χ2n) is 21.0. The van der Waals surface area contributed by atoms with E-state index in [-0.39, 0.29) is 62.7 Å². The summed E-state index contributed by atoms with van der Waals surface area (Å²) >= 11 is 0. The Hall–Kier alpha value is -7.76. The molecule has 2 heterocycles. The summed E-state index contributed by atoms with van der Waals surface area (Å²) in [6, 6.07) is -8.47. The number of carboxylic acids is 1. The van der Waals surface area contributed by atoms with Crippen LogP contribution in [-0.2, 0) is 65.6 Å². The molecule has 81 heavy (non-hydrogen) atoms. The van der Waals surface area contributed by atoms with Gasteiger partial charge in [-0.25, -0.2) is 9.78 Å². The number of primary amides is 1. The van der Waals surface area contributed by atoms with Crippen molar-refractivity contribution in [3.63, 3.8) is 0 Å². The lowest BCUT2D eigenvalue weighted by Gasteiger charge is -2.31. The highest BCUT2D eigenvalue weighted by Gasteiger charge is 2.41. The van der Waals surface area contributed by atoms with Crippen molar-refractivity contribution in [1.29, 1.82) is 0 Å². The minimum Gasteiger partial charge on any atom is -0.508 e. The van der Waals surface area contributed by atoms with Gasteiger partial charge in [-0.1, -0.05) is 39.8 Å². The monoisotopic (exact) mass is 1140 g/mol. The lowest BCUT2D eigenvalue weighted by atomic mass is 10.0. The van der Waals surface area contributed by atoms with Crippen molar-refractivity contribution < 1.29 is 73.2 Å². The number of phenols is 1. The lowest BCUT2D eigenvalue weighted by molar-refractivity contribution is -0.145. The fraction of sp³-hybridized carbons (Fsp3) is 0.615. The van der Waals surface area contributed by atoms with Crippen LogP contribution < -0.4 is 59.7 Å². The fourth-order valence-corrected chi connectivity index (χ4v) is 8.68. The third-order valence-corrected chi connectivity index (χ3v) is 13.1. The number of carboxylic acid groups (broad SMARTS) is 1. The quantitative estimate of drug-likeness (QED) is 0.0295. The summed E-state index contributed by atoms with van der Waals surface area (Å²) < 4.78 is 0. The lowest BCUT2D eigenvalue weighted by Crippen LogP contribution is -2.61. The number of carbonyl (C=O) groups excluding carboxylic acids is 10. The first-order valence-electron chi connectivity index (χ1n) is 26.9. The van der Waals surface area contributed by atoms with E-state index < -0.39 is 145 Å². The van der Waals surface area contributed by atoms with Gasteiger partial charge in [0.25, 0.3) is 0 Å². The molecule has 2 aromatic rings. The number of H-pyrrole nitrogens is 1. The molecule has 0 spiro atoms. The average Bonchev–Trinajstić information content (AvgIpc) is 4.12. The Morgan fingerprint density at radius 1 is 0.679 bits per heavy atom. The minimum absolute atomic E-state index is 0.0267. The predicted octanol–water partition coefficient (Wildman–Crippen LogP) is -4.33. The number of nitrogens with two attached hydrogens (primary N) is 3. The molecule has 0 aliphatic carbocycles. The third kappa shape index (κ3) is 22.4. The van der Waals surface area contributed by atoms with Crippen molar-refractivity contribution in [2.45, 2.75) is 172 Å². The molecule has 10 amide bonds. The molecule has 0 unspecified atom stereocenters. The highest BCUT2D eigenvalue weighted by atomic mass is 16.4. The van der Waals surface area contributed by atoms with Crippen LogP contribution in [0.2, 0.25) is 0 Å². The molecule has 0 bridgehead atoms. The summed E-state index contributed by atoms with van der Waals surface area (Å²) in [6.45, 7) is 8.89. The third-order valence-electron chi connectivity index (χ3n) is 13.1. The van der Waals surface area contributed by atoms with Gasteiger partial charge < -0.3 is 90.0 Å². The molecule has 1 fully saturated rings. The molecule has 450 valence electrons. The van der Waals surface area contributed by atoms with Crippen molar-refractivity contribution in [1.82, 2.24) is 57.4 Å². The van der Waals surface area contributed by atoms with Gasteiger partial charge in [-0.3, -0.25) is 47.9 Å². The molecular formula is C52H82N14O15. The molecular weight excluding hydrogens is 1060 g/mol. The van der Waals surface area contributed by atoms with E-state index >= 15 is 0 Å². The van der Waals surface area contributed by atoms with Crippen LogP contribution in [0.15, 0.2) is 36.8 Å². The van der Waals surface area contributed by atoms with E-state index in [1.54, 1.807) is 27.7 Å². The van der Waals surface area contributed by atoms with E-state index in [9.17, 15) is 73.2 Å². The molecule has 0 saturated carbocycles. The second kappa shape index (κ2) is 33.1. The molecule has 3 rings (SSSR count). The molecule has 29 nitrogen and oxygen atoms in total. The Bertz CT molecular complexity index is 2460. The number of phenolic OH excluding ortho intramolecular Hbond substituents is 1. The molecule has 29 heteroatoms. The van der Waals surface area contributed by atoms with Crippen LogP contribution in [0.5, 0.6) is 5.75 Å². The van der Waals surface area contributed by atoms with Crippen molar-refractivity contribution >= 4 is 65.0 Å². The molecule has 1 aliphatic heterocycles. The zero-order valence-corrected chi connectivity index (χ0v) is 46.6. The van der Waals surface area contributed by atoms with E-state index in [0.29, 0.717) is 37.1 Å². The van der Waals surface area contributed by atoms with Crippen LogP contribution in [0.25, 0.3) is 0 Å². The van der Waals surface area contributed by atoms with Crippen molar-refractivity contribution in [3.8, 4) is 5.75 Å². The number of aromatic hydroxyl groups is 1. The summed E-state index contributed by atoms with van der Waals surface area (Å²) in [7, 11) is 0. The summed E-state index contributed by atoms with van der Waals surface area (Å²) in [4.78, 5) is 156. The number of nitrogens with zero attached hydrogens (tertiary/aromatic N) is 2. The second-order valence-corrected chi connectivity index (χ2v) is 21.0. The van der Waals surface area contributed by atoms with E-state index in [1.807, 2.05) is 0 Å². The number of benzene rings is 1. The zero-order valence-electron chi connectivity index (χ0n) is 46.6. The van der Waals surface area contributed by atoms with Gasteiger partial charge in [-0.05, 0) is 94.9 Å². The number of unbranched alkanes of at least 4 members (excludes halogenated alkanes) is 1. The van der Waals surface area contributed by atoms with Gasteiger partial charge in [0.15, 0.2) is 0 Å². The Labute approximate surface area is 469 Å². The van der Waals surface area contributed by atoms with Crippen LogP contribution in [0.1, 0.15) is 104 Å². The number of rotatable bonds is 34. The van der Waals surface area contributed by atoms with Gasteiger partial charge in [0.05, 0.1) is 25.5 Å². The zero-order chi connectivity index (χ0) is 60.7. The Kier molecular flexibility index (Phi) is 27.6. The van der Waals surface area contributed by atoms with Gasteiger partial charge in [0, 0.05) is 31.3 Å². The number of nitrogens with one attached hydrogen (secondary N) is 9. The van der Waals surface area contributed by atoms with Crippen molar-refractivity contribution in [2.24, 2.45) is 29.0 Å². The average molecular weight is 1140 g/mol. The molecule has 0 radical (unpaired) electrons. The number of hydrogen-bond donors (Lipinski definition) is 16. The van der Waals surface area contributed by atoms with Gasteiger partial charge in [-0.15, -0.1) is 0 Å². The van der Waals surface area contributed by atoms with E-state index in [1.165, 1.54) is 55.5 Å². The number of aliphatic carboxylic acids is 1.